The monoisotopic (exact) mass is 583 g/mol. The number of fused-ring (bicyclic) bond motifs is 1. The van der Waals surface area contributed by atoms with Crippen LogP contribution in [0.15, 0.2) is 109 Å². The highest BCUT2D eigenvalue weighted by Crippen LogP contribution is 2.36. The van der Waals surface area contributed by atoms with Crippen molar-refractivity contribution in [2.24, 2.45) is 0 Å². The summed E-state index contributed by atoms with van der Waals surface area (Å²) in [5.41, 5.74) is 3.94. The van der Waals surface area contributed by atoms with E-state index >= 15 is 0 Å². The molecule has 1 atom stereocenters. The number of piperazine rings is 1. The predicted octanol–water partition coefficient (Wildman–Crippen LogP) is 7.64. The lowest BCUT2D eigenvalue weighted by atomic mass is 9.87. The second-order valence-electron chi connectivity index (χ2n) is 10.8. The van der Waals surface area contributed by atoms with Gasteiger partial charge in [-0.25, -0.2) is 0 Å². The number of ether oxygens (including phenoxy) is 1. The second-order valence-corrected chi connectivity index (χ2v) is 10.8. The van der Waals surface area contributed by atoms with Crippen LogP contribution in [-0.4, -0.2) is 42.0 Å². The van der Waals surface area contributed by atoms with Gasteiger partial charge in [-0.15, -0.1) is 0 Å². The van der Waals surface area contributed by atoms with Crippen LogP contribution in [0.4, 0.5) is 18.9 Å². The van der Waals surface area contributed by atoms with Gasteiger partial charge in [-0.3, -0.25) is 4.79 Å². The van der Waals surface area contributed by atoms with E-state index in [9.17, 15) is 18.0 Å². The molecule has 1 aliphatic heterocycles. The third-order valence-electron chi connectivity index (χ3n) is 8.06. The van der Waals surface area contributed by atoms with Gasteiger partial charge in [0.2, 0.25) is 5.91 Å². The Hall–Kier alpha value is -4.72. The highest BCUT2D eigenvalue weighted by Gasteiger charge is 2.32. The number of aromatic amines is 1. The fourth-order valence-corrected chi connectivity index (χ4v) is 5.75. The number of nitrogens with zero attached hydrogens (tertiary/aromatic N) is 2. The first-order valence-corrected chi connectivity index (χ1v) is 14.4. The molecule has 43 heavy (non-hydrogen) atoms. The number of anilines is 1. The standard InChI is InChI=1S/C35H32F3N3O2/c36-35(37,38)27-11-7-12-28(21-27)40-16-18-41(19-17-40)34(42)22-31(32-23-39-33-15-5-4-14-30(32)33)26-10-6-13-29(20-26)43-24-25-8-2-1-3-9-25/h1-15,20-21,23,31,39H,16-19,22,24H2. The van der Waals surface area contributed by atoms with Crippen molar-refractivity contribution in [3.8, 4) is 5.75 Å². The number of carbonyl (C=O) groups excluding carboxylic acids is 1. The number of alkyl halides is 3. The average molecular weight is 584 g/mol. The SMILES string of the molecule is O=C(CC(c1cccc(OCc2ccccc2)c1)c1c[nH]c2ccccc12)N1CCN(c2cccc(C(F)(F)F)c2)CC1. The molecular formula is C35H32F3N3O2. The number of carbonyl (C=O) groups is 1. The Morgan fingerprint density at radius 1 is 0.837 bits per heavy atom. The quantitative estimate of drug-likeness (QED) is 0.204. The normalized spacial score (nSPS) is 14.6. The molecule has 5 aromatic rings. The third-order valence-corrected chi connectivity index (χ3v) is 8.06. The highest BCUT2D eigenvalue weighted by atomic mass is 19.4. The molecule has 8 heteroatoms. The highest BCUT2D eigenvalue weighted by molar-refractivity contribution is 5.86. The van der Waals surface area contributed by atoms with Crippen LogP contribution in [0.2, 0.25) is 0 Å². The molecule has 0 spiro atoms. The topological polar surface area (TPSA) is 48.6 Å². The van der Waals surface area contributed by atoms with E-state index < -0.39 is 11.7 Å². The Labute approximate surface area is 248 Å². The molecule has 5 nitrogen and oxygen atoms in total. The zero-order chi connectivity index (χ0) is 29.8. The van der Waals surface area contributed by atoms with E-state index in [1.807, 2.05) is 88.8 Å². The summed E-state index contributed by atoms with van der Waals surface area (Å²) >= 11 is 0. The maximum Gasteiger partial charge on any atom is 0.416 e. The van der Waals surface area contributed by atoms with Crippen LogP contribution in [0.3, 0.4) is 0 Å². The van der Waals surface area contributed by atoms with Gasteiger partial charge in [0.1, 0.15) is 12.4 Å². The molecule has 1 saturated heterocycles. The summed E-state index contributed by atoms with van der Waals surface area (Å²) in [6.45, 7) is 2.25. The summed E-state index contributed by atoms with van der Waals surface area (Å²) < 4.78 is 45.8. The molecule has 0 aliphatic carbocycles. The number of para-hydroxylation sites is 1. The summed E-state index contributed by atoms with van der Waals surface area (Å²) in [6.07, 6.45) is -2.16. The van der Waals surface area contributed by atoms with Crippen LogP contribution in [-0.2, 0) is 17.6 Å². The van der Waals surface area contributed by atoms with E-state index in [4.69, 9.17) is 4.74 Å². The van der Waals surface area contributed by atoms with Crippen molar-refractivity contribution in [2.75, 3.05) is 31.1 Å². The van der Waals surface area contributed by atoms with Crippen molar-refractivity contribution >= 4 is 22.5 Å². The van der Waals surface area contributed by atoms with E-state index in [1.54, 1.807) is 6.07 Å². The minimum Gasteiger partial charge on any atom is -0.489 e. The molecule has 0 bridgehead atoms. The molecule has 2 heterocycles. The van der Waals surface area contributed by atoms with Crippen LogP contribution in [0, 0.1) is 0 Å². The van der Waals surface area contributed by atoms with E-state index in [-0.39, 0.29) is 18.2 Å². The first-order valence-electron chi connectivity index (χ1n) is 14.4. The zero-order valence-corrected chi connectivity index (χ0v) is 23.6. The Kier molecular flexibility index (Phi) is 8.09. The van der Waals surface area contributed by atoms with Gasteiger partial charge in [0.15, 0.2) is 0 Å². The molecule has 4 aromatic carbocycles. The number of halogens is 3. The van der Waals surface area contributed by atoms with Gasteiger partial charge >= 0.3 is 6.18 Å². The molecule has 1 fully saturated rings. The van der Waals surface area contributed by atoms with E-state index in [2.05, 4.69) is 11.1 Å². The predicted molar refractivity (Wildman–Crippen MR) is 162 cm³/mol. The fourth-order valence-electron chi connectivity index (χ4n) is 5.75. The third kappa shape index (κ3) is 6.53. The molecule has 1 unspecified atom stereocenters. The van der Waals surface area contributed by atoms with E-state index in [1.165, 1.54) is 12.1 Å². The maximum atomic E-state index is 13.8. The van der Waals surface area contributed by atoms with Crippen molar-refractivity contribution in [3.63, 3.8) is 0 Å². The summed E-state index contributed by atoms with van der Waals surface area (Å²) in [6, 6.07) is 31.3. The van der Waals surface area contributed by atoms with Gasteiger partial charge in [0.25, 0.3) is 0 Å². The molecule has 1 amide bonds. The Morgan fingerprint density at radius 2 is 1.58 bits per heavy atom. The lowest BCUT2D eigenvalue weighted by Crippen LogP contribution is -2.49. The first-order chi connectivity index (χ1) is 20.8. The van der Waals surface area contributed by atoms with Crippen molar-refractivity contribution in [3.05, 3.63) is 132 Å². The lowest BCUT2D eigenvalue weighted by molar-refractivity contribution is -0.137. The molecule has 0 radical (unpaired) electrons. The molecule has 220 valence electrons. The summed E-state index contributed by atoms with van der Waals surface area (Å²) in [5, 5.41) is 1.06. The van der Waals surface area contributed by atoms with Gasteiger partial charge in [-0.05, 0) is 53.1 Å². The summed E-state index contributed by atoms with van der Waals surface area (Å²) in [5.74, 6) is 0.522. The molecule has 6 rings (SSSR count). The molecule has 1 aromatic heterocycles. The number of aromatic nitrogens is 1. The number of benzene rings is 4. The van der Waals surface area contributed by atoms with Crippen molar-refractivity contribution < 1.29 is 22.7 Å². The first kappa shape index (κ1) is 28.4. The van der Waals surface area contributed by atoms with Gasteiger partial charge < -0.3 is 19.5 Å². The molecular weight excluding hydrogens is 551 g/mol. The number of amides is 1. The summed E-state index contributed by atoms with van der Waals surface area (Å²) in [4.78, 5) is 20.8. The van der Waals surface area contributed by atoms with Crippen LogP contribution in [0.25, 0.3) is 10.9 Å². The number of rotatable bonds is 8. The Morgan fingerprint density at radius 3 is 2.37 bits per heavy atom. The summed E-state index contributed by atoms with van der Waals surface area (Å²) in [7, 11) is 0. The van der Waals surface area contributed by atoms with Gasteiger partial charge in [-0.2, -0.15) is 13.2 Å². The second kappa shape index (κ2) is 12.3. The number of hydrogen-bond acceptors (Lipinski definition) is 3. The van der Waals surface area contributed by atoms with Crippen molar-refractivity contribution in [1.29, 1.82) is 0 Å². The van der Waals surface area contributed by atoms with E-state index in [0.29, 0.717) is 38.5 Å². The van der Waals surface area contributed by atoms with Gasteiger partial charge in [0.05, 0.1) is 5.56 Å². The van der Waals surface area contributed by atoms with Crippen LogP contribution < -0.4 is 9.64 Å². The lowest BCUT2D eigenvalue weighted by Gasteiger charge is -2.37. The molecule has 1 N–H and O–H groups in total. The van der Waals surface area contributed by atoms with Gasteiger partial charge in [-0.1, -0.05) is 66.7 Å². The fraction of sp³-hybridized carbons (Fsp3) is 0.229. The van der Waals surface area contributed by atoms with Crippen LogP contribution in [0.5, 0.6) is 5.75 Å². The van der Waals surface area contributed by atoms with Crippen LogP contribution >= 0.6 is 0 Å². The van der Waals surface area contributed by atoms with Crippen molar-refractivity contribution in [2.45, 2.75) is 25.1 Å². The number of hydrogen-bond donors (Lipinski definition) is 1. The minimum atomic E-state index is -4.39. The van der Waals surface area contributed by atoms with Crippen molar-refractivity contribution in [1.82, 2.24) is 9.88 Å². The number of nitrogens with one attached hydrogen (secondary N) is 1. The Bertz CT molecular complexity index is 1690. The van der Waals surface area contributed by atoms with E-state index in [0.717, 1.165) is 39.4 Å². The molecule has 0 saturated carbocycles. The number of H-pyrrole nitrogens is 1. The maximum absolute atomic E-state index is 13.8. The Balaban J connectivity index is 1.20. The smallest absolute Gasteiger partial charge is 0.416 e. The molecule has 1 aliphatic rings. The largest absolute Gasteiger partial charge is 0.489 e. The zero-order valence-electron chi connectivity index (χ0n) is 23.6. The minimum absolute atomic E-state index is 0.00887. The van der Waals surface area contributed by atoms with Crippen LogP contribution in [0.1, 0.15) is 34.6 Å². The van der Waals surface area contributed by atoms with Gasteiger partial charge in [0, 0.05) is 61.3 Å². The average Bonchev–Trinajstić information content (AvgIpc) is 3.47.